The highest BCUT2D eigenvalue weighted by Gasteiger charge is 2.24. The van der Waals surface area contributed by atoms with Crippen LogP contribution in [0.5, 0.6) is 0 Å². The number of piperazine rings is 1. The van der Waals surface area contributed by atoms with Gasteiger partial charge < -0.3 is 25.0 Å². The molecule has 0 spiro atoms. The first kappa shape index (κ1) is 29.0. The van der Waals surface area contributed by atoms with Gasteiger partial charge in [0.25, 0.3) is 0 Å². The van der Waals surface area contributed by atoms with Gasteiger partial charge in [-0.2, -0.15) is 10.1 Å². The van der Waals surface area contributed by atoms with Crippen LogP contribution in [0.1, 0.15) is 32.0 Å². The number of hydrogen-bond acceptors (Lipinski definition) is 9. The zero-order valence-corrected chi connectivity index (χ0v) is 22.4. The Morgan fingerprint density at radius 1 is 1.17 bits per heavy atom. The zero-order chi connectivity index (χ0) is 23.2. The molecule has 0 radical (unpaired) electrons. The van der Waals surface area contributed by atoms with Crippen molar-refractivity contribution in [3.63, 3.8) is 0 Å². The number of halogens is 2. The first-order chi connectivity index (χ1) is 16.1. The summed E-state index contributed by atoms with van der Waals surface area (Å²) in [7, 11) is 0. The highest BCUT2D eigenvalue weighted by molar-refractivity contribution is 5.90. The lowest BCUT2D eigenvalue weighted by atomic mass is 10.2. The summed E-state index contributed by atoms with van der Waals surface area (Å²) >= 11 is 0. The van der Waals surface area contributed by atoms with Crippen molar-refractivity contribution in [3.8, 4) is 0 Å². The van der Waals surface area contributed by atoms with E-state index in [1.165, 1.54) is 0 Å². The van der Waals surface area contributed by atoms with Crippen molar-refractivity contribution in [2.45, 2.75) is 46.9 Å². The molecule has 1 aliphatic heterocycles. The molecule has 2 N–H and O–H groups in total. The quantitative estimate of drug-likeness (QED) is 0.384. The summed E-state index contributed by atoms with van der Waals surface area (Å²) in [5, 5.41) is 11.7. The van der Waals surface area contributed by atoms with Crippen molar-refractivity contribution in [2.75, 3.05) is 49.7 Å². The van der Waals surface area contributed by atoms with Gasteiger partial charge >= 0.3 is 0 Å². The molecule has 0 saturated carbocycles. The van der Waals surface area contributed by atoms with Crippen LogP contribution < -0.4 is 15.5 Å². The Morgan fingerprint density at radius 3 is 2.69 bits per heavy atom. The Morgan fingerprint density at radius 2 is 1.97 bits per heavy atom. The highest BCUT2D eigenvalue weighted by atomic mass is 35.5. The molecule has 0 aliphatic carbocycles. The van der Waals surface area contributed by atoms with Crippen molar-refractivity contribution < 1.29 is 9.47 Å². The van der Waals surface area contributed by atoms with Crippen LogP contribution in [-0.4, -0.2) is 70.2 Å². The fourth-order valence-electron chi connectivity index (χ4n) is 3.95. The molecule has 3 aromatic heterocycles. The maximum atomic E-state index is 5.72. The van der Waals surface area contributed by atoms with Gasteiger partial charge in [0.05, 0.1) is 19.8 Å². The van der Waals surface area contributed by atoms with Crippen molar-refractivity contribution in [2.24, 2.45) is 0 Å². The number of pyridine rings is 1. The van der Waals surface area contributed by atoms with Gasteiger partial charge in [-0.3, -0.25) is 4.68 Å². The van der Waals surface area contributed by atoms with E-state index in [1.54, 1.807) is 6.20 Å². The van der Waals surface area contributed by atoms with Crippen molar-refractivity contribution in [1.29, 1.82) is 0 Å². The molecule has 1 aliphatic rings. The summed E-state index contributed by atoms with van der Waals surface area (Å²) < 4.78 is 13.2. The second kappa shape index (κ2) is 13.7. The smallest absolute Gasteiger partial charge is 0.228 e. The predicted octanol–water partition coefficient (Wildman–Crippen LogP) is 3.49. The normalized spacial score (nSPS) is 15.5. The fourth-order valence-corrected chi connectivity index (χ4v) is 3.95. The summed E-state index contributed by atoms with van der Waals surface area (Å²) in [4.78, 5) is 16.6. The Bertz CT molecular complexity index is 1080. The number of anilines is 3. The van der Waals surface area contributed by atoms with Crippen molar-refractivity contribution in [1.82, 2.24) is 30.0 Å². The summed E-state index contributed by atoms with van der Waals surface area (Å²) in [5.41, 5.74) is 3.55. The fraction of sp³-hybridized carbons (Fsp3) is 0.565. The van der Waals surface area contributed by atoms with Gasteiger partial charge in [-0.25, -0.2) is 9.97 Å². The van der Waals surface area contributed by atoms with E-state index in [-0.39, 0.29) is 24.8 Å². The predicted molar refractivity (Wildman–Crippen MR) is 144 cm³/mol. The minimum Gasteiger partial charge on any atom is -0.380 e. The molecule has 4 rings (SSSR count). The Kier molecular flexibility index (Phi) is 11.4. The third-order valence-corrected chi connectivity index (χ3v) is 5.55. The molecule has 35 heavy (non-hydrogen) atoms. The molecule has 3 aromatic rings. The third-order valence-electron chi connectivity index (χ3n) is 5.55. The second-order valence-electron chi connectivity index (χ2n) is 8.22. The summed E-state index contributed by atoms with van der Waals surface area (Å²) in [5.74, 6) is 2.11. The van der Waals surface area contributed by atoms with E-state index in [9.17, 15) is 0 Å². The number of nitrogens with zero attached hydrogens (tertiary/aromatic N) is 6. The molecule has 1 saturated heterocycles. The molecular formula is C23H36Cl2N8O2. The number of rotatable bonds is 10. The number of hydrogen-bond donors (Lipinski definition) is 2. The lowest BCUT2D eigenvalue weighted by Crippen LogP contribution is -2.49. The van der Waals surface area contributed by atoms with Crippen LogP contribution in [0.3, 0.4) is 0 Å². The van der Waals surface area contributed by atoms with Gasteiger partial charge in [0.2, 0.25) is 5.95 Å². The molecule has 12 heteroatoms. The molecule has 1 fully saturated rings. The molecule has 1 atom stereocenters. The van der Waals surface area contributed by atoms with Crippen LogP contribution in [0.15, 0.2) is 18.3 Å². The van der Waals surface area contributed by atoms with Crippen LogP contribution in [-0.2, 0) is 22.6 Å². The van der Waals surface area contributed by atoms with Gasteiger partial charge in [0, 0.05) is 45.1 Å². The molecule has 1 unspecified atom stereocenters. The zero-order valence-electron chi connectivity index (χ0n) is 20.8. The van der Waals surface area contributed by atoms with Crippen LogP contribution in [0.2, 0.25) is 0 Å². The lowest BCUT2D eigenvalue weighted by Gasteiger charge is -2.32. The van der Waals surface area contributed by atoms with Crippen LogP contribution in [0.4, 0.5) is 17.6 Å². The molecule has 10 nitrogen and oxygen atoms in total. The van der Waals surface area contributed by atoms with E-state index in [4.69, 9.17) is 24.5 Å². The van der Waals surface area contributed by atoms with Gasteiger partial charge in [-0.1, -0.05) is 0 Å². The topological polar surface area (TPSA) is 102 Å². The van der Waals surface area contributed by atoms with Gasteiger partial charge in [0.15, 0.2) is 5.82 Å². The standard InChI is InChI=1S/C23H34N8O2.2ClH/c1-5-32-12-11-31-21-20(18(29-31)15-33-6-2)27-23(30-10-9-24-17(4)14-30)28-22(21)26-19-13-16(3)7-8-25-19;;/h7-8,13,17,24H,5-6,9-12,14-15H2,1-4H3,(H,25,26,27,28);2*1H. The van der Waals surface area contributed by atoms with Crippen LogP contribution >= 0.6 is 24.8 Å². The van der Waals surface area contributed by atoms with Crippen LogP contribution in [0.25, 0.3) is 11.0 Å². The highest BCUT2D eigenvalue weighted by Crippen LogP contribution is 2.29. The van der Waals surface area contributed by atoms with Crippen molar-refractivity contribution >= 4 is 53.4 Å². The van der Waals surface area contributed by atoms with E-state index in [1.807, 2.05) is 37.6 Å². The molecule has 0 bridgehead atoms. The van der Waals surface area contributed by atoms with E-state index in [0.29, 0.717) is 50.8 Å². The summed E-state index contributed by atoms with van der Waals surface area (Å²) in [6.45, 7) is 13.6. The lowest BCUT2D eigenvalue weighted by molar-refractivity contribution is 0.128. The van der Waals surface area contributed by atoms with E-state index in [0.717, 1.165) is 47.7 Å². The molecular weight excluding hydrogens is 491 g/mol. The van der Waals surface area contributed by atoms with Gasteiger partial charge in [-0.05, 0) is 45.4 Å². The van der Waals surface area contributed by atoms with E-state index < -0.39 is 0 Å². The maximum absolute atomic E-state index is 5.72. The number of fused-ring (bicyclic) bond motifs is 1. The average molecular weight is 528 g/mol. The summed E-state index contributed by atoms with van der Waals surface area (Å²) in [6, 6.07) is 4.34. The molecule has 194 valence electrons. The first-order valence-electron chi connectivity index (χ1n) is 11.7. The minimum absolute atomic E-state index is 0. The van der Waals surface area contributed by atoms with Gasteiger partial charge in [0.1, 0.15) is 22.5 Å². The first-order valence-corrected chi connectivity index (χ1v) is 11.7. The SMILES string of the molecule is CCOCCn1nc(COCC)c2nc(N3CCNC(C)C3)nc(Nc3cc(C)ccn3)c21.Cl.Cl. The second-order valence-corrected chi connectivity index (χ2v) is 8.22. The Hall–Kier alpha value is -2.24. The summed E-state index contributed by atoms with van der Waals surface area (Å²) in [6.07, 6.45) is 1.79. The Balaban J connectivity index is 0.00000216. The molecule has 0 amide bonds. The third kappa shape index (κ3) is 7.14. The number of ether oxygens (including phenoxy) is 2. The van der Waals surface area contributed by atoms with E-state index >= 15 is 0 Å². The monoisotopic (exact) mass is 526 g/mol. The number of aromatic nitrogens is 5. The largest absolute Gasteiger partial charge is 0.380 e. The minimum atomic E-state index is 0. The van der Waals surface area contributed by atoms with Crippen molar-refractivity contribution in [3.05, 3.63) is 29.6 Å². The number of aryl methyl sites for hydroxylation is 1. The molecule has 4 heterocycles. The maximum Gasteiger partial charge on any atom is 0.228 e. The Labute approximate surface area is 219 Å². The molecule has 0 aromatic carbocycles. The number of nitrogens with one attached hydrogen (secondary N) is 2. The van der Waals surface area contributed by atoms with Gasteiger partial charge in [-0.15, -0.1) is 24.8 Å². The van der Waals surface area contributed by atoms with Crippen LogP contribution in [0, 0.1) is 6.92 Å². The average Bonchev–Trinajstić information content (AvgIpc) is 3.15. The van der Waals surface area contributed by atoms with E-state index in [2.05, 4.69) is 27.4 Å².